The van der Waals surface area contributed by atoms with Gasteiger partial charge < -0.3 is 5.32 Å². The van der Waals surface area contributed by atoms with E-state index in [9.17, 15) is 4.79 Å². The summed E-state index contributed by atoms with van der Waals surface area (Å²) >= 11 is 11.9. The van der Waals surface area contributed by atoms with Gasteiger partial charge in [0.2, 0.25) is 5.91 Å². The van der Waals surface area contributed by atoms with E-state index in [0.29, 0.717) is 6.42 Å². The molecule has 1 saturated carbocycles. The normalized spacial score (nSPS) is 22.0. The lowest BCUT2D eigenvalue weighted by atomic mass is 10.0. The Balaban J connectivity index is 1.73. The van der Waals surface area contributed by atoms with Crippen LogP contribution in [0.4, 0.5) is 5.69 Å². The second-order valence-corrected chi connectivity index (χ2v) is 7.16. The van der Waals surface area contributed by atoms with Crippen molar-refractivity contribution in [3.63, 3.8) is 0 Å². The number of carbonyl (C=O) groups excluding carboxylic acids is 1. The molecule has 0 bridgehead atoms. The van der Waals surface area contributed by atoms with Crippen LogP contribution in [-0.2, 0) is 17.6 Å². The molecular weight excluding hydrogens is 293 g/mol. The third kappa shape index (κ3) is 1.82. The molecule has 0 aliphatic heterocycles. The summed E-state index contributed by atoms with van der Waals surface area (Å²) in [5.41, 5.74) is 3.58. The molecule has 1 amide bonds. The lowest BCUT2D eigenvalue weighted by Crippen LogP contribution is -2.17. The van der Waals surface area contributed by atoms with Gasteiger partial charge in [-0.25, -0.2) is 0 Å². The van der Waals surface area contributed by atoms with Crippen molar-refractivity contribution in [3.8, 4) is 0 Å². The molecule has 4 heteroatoms. The van der Waals surface area contributed by atoms with Crippen molar-refractivity contribution in [2.75, 3.05) is 5.32 Å². The van der Waals surface area contributed by atoms with Crippen LogP contribution in [0.1, 0.15) is 17.5 Å². The first-order valence-corrected chi connectivity index (χ1v) is 7.54. The monoisotopic (exact) mass is 305 g/mol. The van der Waals surface area contributed by atoms with Gasteiger partial charge in [-0.3, -0.25) is 4.79 Å². The van der Waals surface area contributed by atoms with Gasteiger partial charge in [0.25, 0.3) is 0 Å². The molecule has 0 heterocycles. The number of alkyl halides is 2. The van der Waals surface area contributed by atoms with Crippen molar-refractivity contribution in [3.05, 3.63) is 41.5 Å². The predicted molar refractivity (Wildman–Crippen MR) is 82.5 cm³/mol. The van der Waals surface area contributed by atoms with Gasteiger partial charge in [0.15, 0.2) is 0 Å². The third-order valence-electron chi connectivity index (χ3n) is 4.28. The summed E-state index contributed by atoms with van der Waals surface area (Å²) in [4.78, 5) is 12.1. The summed E-state index contributed by atoms with van der Waals surface area (Å²) in [6, 6.07) is 10.4. The minimum Gasteiger partial charge on any atom is -0.325 e. The predicted octanol–water partition coefficient (Wildman–Crippen LogP) is 4.07. The van der Waals surface area contributed by atoms with E-state index in [1.807, 2.05) is 12.1 Å². The largest absolute Gasteiger partial charge is 0.325 e. The van der Waals surface area contributed by atoms with E-state index in [1.54, 1.807) is 0 Å². The third-order valence-corrected chi connectivity index (χ3v) is 5.11. The van der Waals surface area contributed by atoms with Gasteiger partial charge >= 0.3 is 0 Å². The van der Waals surface area contributed by atoms with Crippen LogP contribution in [0.3, 0.4) is 0 Å². The smallest absolute Gasteiger partial charge is 0.230 e. The minimum atomic E-state index is -0.876. The van der Waals surface area contributed by atoms with Crippen molar-refractivity contribution in [2.24, 2.45) is 5.92 Å². The molecule has 20 heavy (non-hydrogen) atoms. The quantitative estimate of drug-likeness (QED) is 0.833. The maximum Gasteiger partial charge on any atom is 0.230 e. The average molecular weight is 306 g/mol. The zero-order chi connectivity index (χ0) is 13.9. The highest BCUT2D eigenvalue weighted by Crippen LogP contribution is 2.53. The number of carbonyl (C=O) groups is 1. The topological polar surface area (TPSA) is 29.1 Å². The Morgan fingerprint density at radius 1 is 1.15 bits per heavy atom. The maximum absolute atomic E-state index is 12.1. The summed E-state index contributed by atoms with van der Waals surface area (Å²) in [6.07, 6.45) is 2.70. The minimum absolute atomic E-state index is 0.0892. The molecule has 4 rings (SSSR count). The van der Waals surface area contributed by atoms with E-state index in [2.05, 4.69) is 23.5 Å². The van der Waals surface area contributed by atoms with Gasteiger partial charge in [-0.15, -0.1) is 23.2 Å². The summed E-state index contributed by atoms with van der Waals surface area (Å²) in [5, 5.41) is 5.38. The Morgan fingerprint density at radius 2 is 1.85 bits per heavy atom. The van der Waals surface area contributed by atoms with Crippen molar-refractivity contribution < 1.29 is 4.79 Å². The molecule has 2 aromatic carbocycles. The van der Waals surface area contributed by atoms with Crippen molar-refractivity contribution in [1.82, 2.24) is 0 Å². The molecule has 2 aliphatic carbocycles. The summed E-state index contributed by atoms with van der Waals surface area (Å²) in [7, 11) is 0. The molecule has 0 spiro atoms. The zero-order valence-corrected chi connectivity index (χ0v) is 12.3. The number of rotatable bonds is 2. The standard InChI is InChI=1S/C16H13Cl2NO/c17-16(18)8-12(16)15(20)19-13-7-6-10-5-4-9-2-1-3-11(13)14(9)10/h1-3,6-7,12H,4-5,8H2,(H,19,20)/t12-/m0/s1. The van der Waals surface area contributed by atoms with Crippen LogP contribution in [0.5, 0.6) is 0 Å². The molecule has 102 valence electrons. The van der Waals surface area contributed by atoms with Crippen molar-refractivity contribution in [2.45, 2.75) is 23.6 Å². The second-order valence-electron chi connectivity index (χ2n) is 5.62. The Bertz CT molecular complexity index is 728. The van der Waals surface area contributed by atoms with Gasteiger partial charge in [0, 0.05) is 11.1 Å². The second kappa shape index (κ2) is 4.12. The first-order valence-electron chi connectivity index (χ1n) is 6.78. The summed E-state index contributed by atoms with van der Waals surface area (Å²) in [5.74, 6) is -0.387. The van der Waals surface area contributed by atoms with E-state index in [4.69, 9.17) is 23.2 Å². The number of aryl methyl sites for hydroxylation is 2. The Kier molecular flexibility index (Phi) is 2.57. The van der Waals surface area contributed by atoms with Crippen molar-refractivity contribution >= 4 is 45.6 Å². The van der Waals surface area contributed by atoms with E-state index in [1.165, 1.54) is 16.5 Å². The fourth-order valence-corrected chi connectivity index (χ4v) is 3.58. The molecule has 2 aliphatic rings. The van der Waals surface area contributed by atoms with E-state index in [0.717, 1.165) is 23.9 Å². The van der Waals surface area contributed by atoms with Crippen LogP contribution >= 0.6 is 23.2 Å². The fraction of sp³-hybridized carbons (Fsp3) is 0.312. The van der Waals surface area contributed by atoms with Gasteiger partial charge in [-0.1, -0.05) is 24.3 Å². The van der Waals surface area contributed by atoms with Crippen LogP contribution in [0.25, 0.3) is 10.8 Å². The van der Waals surface area contributed by atoms with E-state index >= 15 is 0 Å². The molecule has 1 N–H and O–H groups in total. The van der Waals surface area contributed by atoms with Gasteiger partial charge in [-0.2, -0.15) is 0 Å². The van der Waals surface area contributed by atoms with E-state index in [-0.39, 0.29) is 11.8 Å². The Labute approximate surface area is 127 Å². The first-order chi connectivity index (χ1) is 9.56. The zero-order valence-electron chi connectivity index (χ0n) is 10.7. The maximum atomic E-state index is 12.1. The first kappa shape index (κ1) is 12.5. The molecule has 2 nitrogen and oxygen atoms in total. The van der Waals surface area contributed by atoms with Crippen LogP contribution in [-0.4, -0.2) is 10.2 Å². The Hall–Kier alpha value is -1.25. The number of hydrogen-bond acceptors (Lipinski definition) is 1. The highest BCUT2D eigenvalue weighted by Gasteiger charge is 2.56. The molecule has 2 aromatic rings. The molecule has 0 radical (unpaired) electrons. The lowest BCUT2D eigenvalue weighted by molar-refractivity contribution is -0.117. The summed E-state index contributed by atoms with van der Waals surface area (Å²) < 4.78 is -0.876. The molecule has 0 saturated heterocycles. The van der Waals surface area contributed by atoms with Crippen molar-refractivity contribution in [1.29, 1.82) is 0 Å². The molecule has 0 aromatic heterocycles. The molecule has 1 fully saturated rings. The molecule has 1 atom stereocenters. The van der Waals surface area contributed by atoms with E-state index < -0.39 is 4.33 Å². The number of halogens is 2. The number of amides is 1. The highest BCUT2D eigenvalue weighted by atomic mass is 35.5. The van der Waals surface area contributed by atoms with Gasteiger partial charge in [-0.05, 0) is 41.8 Å². The van der Waals surface area contributed by atoms with Gasteiger partial charge in [0.05, 0.1) is 5.92 Å². The number of anilines is 1. The fourth-order valence-electron chi connectivity index (χ4n) is 3.07. The SMILES string of the molecule is O=C(Nc1ccc2c3c(cccc13)CC2)[C@@H]1CC1(Cl)Cl. The van der Waals surface area contributed by atoms with Crippen LogP contribution in [0.15, 0.2) is 30.3 Å². The molecule has 0 unspecified atom stereocenters. The van der Waals surface area contributed by atoms with Gasteiger partial charge in [0.1, 0.15) is 4.33 Å². The van der Waals surface area contributed by atoms with Crippen LogP contribution in [0.2, 0.25) is 0 Å². The van der Waals surface area contributed by atoms with Crippen LogP contribution in [0, 0.1) is 5.92 Å². The number of benzene rings is 2. The lowest BCUT2D eigenvalue weighted by Gasteiger charge is -2.10. The van der Waals surface area contributed by atoms with Crippen LogP contribution < -0.4 is 5.32 Å². The Morgan fingerprint density at radius 3 is 2.55 bits per heavy atom. The number of nitrogens with one attached hydrogen (secondary N) is 1. The average Bonchev–Trinajstić information content (AvgIpc) is 2.88. The number of hydrogen-bond donors (Lipinski definition) is 1. The summed E-state index contributed by atoms with van der Waals surface area (Å²) in [6.45, 7) is 0. The highest BCUT2D eigenvalue weighted by molar-refractivity contribution is 6.52. The molecular formula is C16H13Cl2NO.